The van der Waals surface area contributed by atoms with Crippen LogP contribution in [0.15, 0.2) is 0 Å². The van der Waals surface area contributed by atoms with Gasteiger partial charge < -0.3 is 11.5 Å². The Kier molecular flexibility index (Phi) is 4.99. The molecule has 0 radical (unpaired) electrons. The third-order valence-corrected chi connectivity index (χ3v) is 5.75. The van der Waals surface area contributed by atoms with E-state index in [1.165, 1.54) is 0 Å². The predicted molar refractivity (Wildman–Crippen MR) is 61.4 cm³/mol. The van der Waals surface area contributed by atoms with Crippen LogP contribution in [-0.2, 0) is 0 Å². The molecule has 2 nitrogen and oxygen atoms in total. The summed E-state index contributed by atoms with van der Waals surface area (Å²) < 4.78 is 0.300. The van der Waals surface area contributed by atoms with Crippen molar-refractivity contribution < 1.29 is 0 Å². The van der Waals surface area contributed by atoms with Crippen molar-refractivity contribution in [2.24, 2.45) is 11.5 Å². The molecule has 0 aliphatic heterocycles. The summed E-state index contributed by atoms with van der Waals surface area (Å²) in [5.41, 5.74) is 11.2. The van der Waals surface area contributed by atoms with Gasteiger partial charge in [0.15, 0.2) is 0 Å². The van der Waals surface area contributed by atoms with Crippen molar-refractivity contribution in [3.8, 4) is 0 Å². The summed E-state index contributed by atoms with van der Waals surface area (Å²) in [7, 11) is 3.64. The van der Waals surface area contributed by atoms with Crippen molar-refractivity contribution in [2.75, 3.05) is 13.1 Å². The molecule has 0 spiro atoms. The van der Waals surface area contributed by atoms with E-state index in [9.17, 15) is 0 Å². The maximum absolute atomic E-state index is 5.61. The summed E-state index contributed by atoms with van der Waals surface area (Å²) in [4.78, 5) is 0. The van der Waals surface area contributed by atoms with Crippen LogP contribution in [0.4, 0.5) is 0 Å². The minimum atomic E-state index is 0.150. The van der Waals surface area contributed by atoms with Gasteiger partial charge in [-0.1, -0.05) is 21.6 Å². The van der Waals surface area contributed by atoms with Crippen molar-refractivity contribution in [1.29, 1.82) is 0 Å². The fourth-order valence-corrected chi connectivity index (χ4v) is 2.64. The van der Waals surface area contributed by atoms with Crippen molar-refractivity contribution in [1.82, 2.24) is 0 Å². The van der Waals surface area contributed by atoms with E-state index in [2.05, 4.69) is 27.7 Å². The van der Waals surface area contributed by atoms with E-state index >= 15 is 0 Å². The molecule has 0 saturated carbocycles. The largest absolute Gasteiger partial charge is 0.329 e. The molecular formula is C8H20N2S2. The van der Waals surface area contributed by atoms with Gasteiger partial charge in [0.2, 0.25) is 0 Å². The molecule has 0 heterocycles. The Morgan fingerprint density at radius 2 is 1.08 bits per heavy atom. The molecular weight excluding hydrogens is 188 g/mol. The van der Waals surface area contributed by atoms with Gasteiger partial charge in [-0.15, -0.1) is 0 Å². The van der Waals surface area contributed by atoms with Crippen molar-refractivity contribution >= 4 is 21.6 Å². The first-order valence-corrected chi connectivity index (χ1v) is 6.25. The van der Waals surface area contributed by atoms with Crippen LogP contribution in [0.2, 0.25) is 0 Å². The predicted octanol–water partition coefficient (Wildman–Crippen LogP) is 1.84. The molecule has 0 unspecified atom stereocenters. The zero-order chi connectivity index (χ0) is 9.83. The summed E-state index contributed by atoms with van der Waals surface area (Å²) in [5.74, 6) is 0. The average molecular weight is 208 g/mol. The first-order chi connectivity index (χ1) is 5.33. The van der Waals surface area contributed by atoms with E-state index < -0.39 is 0 Å². The molecule has 0 saturated heterocycles. The van der Waals surface area contributed by atoms with Crippen molar-refractivity contribution in [3.05, 3.63) is 0 Å². The van der Waals surface area contributed by atoms with Crippen LogP contribution in [0.5, 0.6) is 0 Å². The van der Waals surface area contributed by atoms with Gasteiger partial charge >= 0.3 is 0 Å². The van der Waals surface area contributed by atoms with Crippen LogP contribution >= 0.6 is 21.6 Å². The quantitative estimate of drug-likeness (QED) is 0.677. The second-order valence-corrected chi connectivity index (χ2v) is 7.64. The van der Waals surface area contributed by atoms with Gasteiger partial charge in [0.25, 0.3) is 0 Å². The fourth-order valence-electron chi connectivity index (χ4n) is 0.294. The standard InChI is InChI=1S/C8H20N2S2/c1-7(2,5-9)11-12-8(3,4)6-10/h5-6,9-10H2,1-4H3. The van der Waals surface area contributed by atoms with E-state index in [4.69, 9.17) is 11.5 Å². The van der Waals surface area contributed by atoms with Crippen molar-refractivity contribution in [2.45, 2.75) is 37.2 Å². The summed E-state index contributed by atoms with van der Waals surface area (Å²) in [6.07, 6.45) is 0. The van der Waals surface area contributed by atoms with E-state index in [1.54, 1.807) is 0 Å². The lowest BCUT2D eigenvalue weighted by Crippen LogP contribution is -2.30. The summed E-state index contributed by atoms with van der Waals surface area (Å²) in [5, 5.41) is 0. The molecule has 0 bridgehead atoms. The van der Waals surface area contributed by atoms with Crippen LogP contribution in [-0.4, -0.2) is 22.6 Å². The topological polar surface area (TPSA) is 52.0 Å². The maximum Gasteiger partial charge on any atom is 0.0329 e. The molecule has 0 aliphatic rings. The minimum Gasteiger partial charge on any atom is -0.329 e. The SMILES string of the molecule is CC(C)(CN)SSC(C)(C)CN. The zero-order valence-electron chi connectivity index (χ0n) is 8.39. The lowest BCUT2D eigenvalue weighted by Gasteiger charge is -2.27. The number of nitrogens with two attached hydrogens (primary N) is 2. The minimum absolute atomic E-state index is 0.150. The van der Waals surface area contributed by atoms with Crippen LogP contribution in [0, 0.1) is 0 Å². The molecule has 0 rings (SSSR count). The van der Waals surface area contributed by atoms with Gasteiger partial charge in [-0.05, 0) is 27.7 Å². The number of hydrogen-bond donors (Lipinski definition) is 2. The molecule has 0 aliphatic carbocycles. The van der Waals surface area contributed by atoms with Crippen LogP contribution in [0.1, 0.15) is 27.7 Å². The summed E-state index contributed by atoms with van der Waals surface area (Å²) in [6.45, 7) is 10.00. The van der Waals surface area contributed by atoms with E-state index in [-0.39, 0.29) is 9.49 Å². The number of hydrogen-bond acceptors (Lipinski definition) is 4. The Hall–Kier alpha value is 0.620. The van der Waals surface area contributed by atoms with E-state index in [0.717, 1.165) is 0 Å². The first kappa shape index (κ1) is 12.6. The highest BCUT2D eigenvalue weighted by molar-refractivity contribution is 8.77. The van der Waals surface area contributed by atoms with Crippen molar-refractivity contribution in [3.63, 3.8) is 0 Å². The Labute approximate surface area is 83.6 Å². The molecule has 12 heavy (non-hydrogen) atoms. The molecule has 0 atom stereocenters. The monoisotopic (exact) mass is 208 g/mol. The van der Waals surface area contributed by atoms with Gasteiger partial charge in [0.05, 0.1) is 0 Å². The van der Waals surface area contributed by atoms with E-state index in [1.807, 2.05) is 21.6 Å². The van der Waals surface area contributed by atoms with E-state index in [0.29, 0.717) is 13.1 Å². The number of rotatable bonds is 5. The maximum atomic E-state index is 5.61. The Bertz CT molecular complexity index is 119. The van der Waals surface area contributed by atoms with Gasteiger partial charge in [0, 0.05) is 22.6 Å². The van der Waals surface area contributed by atoms with Crippen LogP contribution in [0.25, 0.3) is 0 Å². The summed E-state index contributed by atoms with van der Waals surface area (Å²) >= 11 is 0. The average Bonchev–Trinajstić information content (AvgIpc) is 2.02. The fraction of sp³-hybridized carbons (Fsp3) is 1.00. The second-order valence-electron chi connectivity index (χ2n) is 4.09. The van der Waals surface area contributed by atoms with Gasteiger partial charge in [0.1, 0.15) is 0 Å². The van der Waals surface area contributed by atoms with Gasteiger partial charge in [-0.25, -0.2) is 0 Å². The Morgan fingerprint density at radius 3 is 1.25 bits per heavy atom. The first-order valence-electron chi connectivity index (χ1n) is 4.10. The molecule has 0 aromatic heterocycles. The molecule has 0 aromatic rings. The second kappa shape index (κ2) is 4.74. The highest BCUT2D eigenvalue weighted by Crippen LogP contribution is 2.42. The van der Waals surface area contributed by atoms with Crippen LogP contribution in [0.3, 0.4) is 0 Å². The normalized spacial score (nSPS) is 13.5. The zero-order valence-corrected chi connectivity index (χ0v) is 10.0. The Balaban J connectivity index is 3.82. The van der Waals surface area contributed by atoms with Gasteiger partial charge in [-0.2, -0.15) is 0 Å². The molecule has 0 fully saturated rings. The lowest BCUT2D eigenvalue weighted by molar-refractivity contribution is 0.720. The molecule has 0 aromatic carbocycles. The molecule has 4 N–H and O–H groups in total. The van der Waals surface area contributed by atoms with Crippen LogP contribution < -0.4 is 11.5 Å². The summed E-state index contributed by atoms with van der Waals surface area (Å²) in [6, 6.07) is 0. The third-order valence-electron chi connectivity index (χ3n) is 1.48. The smallest absolute Gasteiger partial charge is 0.0329 e. The molecule has 4 heteroatoms. The highest BCUT2D eigenvalue weighted by Gasteiger charge is 2.23. The lowest BCUT2D eigenvalue weighted by atomic mass is 10.2. The Morgan fingerprint density at radius 1 is 0.833 bits per heavy atom. The highest BCUT2D eigenvalue weighted by atomic mass is 33.1. The third kappa shape index (κ3) is 5.30. The molecule has 0 amide bonds. The molecule has 74 valence electrons. The van der Waals surface area contributed by atoms with Gasteiger partial charge in [-0.3, -0.25) is 0 Å².